The van der Waals surface area contributed by atoms with Gasteiger partial charge in [0.25, 0.3) is 0 Å². The minimum atomic E-state index is -0.164. The molecule has 0 aliphatic heterocycles. The molecule has 0 aromatic carbocycles. The zero-order valence-corrected chi connectivity index (χ0v) is 7.71. The van der Waals surface area contributed by atoms with Gasteiger partial charge in [0.1, 0.15) is 0 Å². The van der Waals surface area contributed by atoms with Crippen LogP contribution < -0.4 is 11.1 Å². The molecule has 0 radical (unpaired) electrons. The fourth-order valence-electron chi connectivity index (χ4n) is 0.779. The Hall–Kier alpha value is -0.610. The highest BCUT2D eigenvalue weighted by Crippen LogP contribution is 1.98. The first-order chi connectivity index (χ1) is 5.60. The summed E-state index contributed by atoms with van der Waals surface area (Å²) in [6.45, 7) is 4.16. The van der Waals surface area contributed by atoms with E-state index >= 15 is 0 Å². The number of aliphatic hydroxyl groups is 1. The highest BCUT2D eigenvalue weighted by molar-refractivity contribution is 5.76. The zero-order chi connectivity index (χ0) is 9.56. The summed E-state index contributed by atoms with van der Waals surface area (Å²) in [5.41, 5.74) is 5.35. The van der Waals surface area contributed by atoms with E-state index in [1.807, 2.05) is 6.92 Å². The summed E-state index contributed by atoms with van der Waals surface area (Å²) in [5, 5.41) is 11.3. The zero-order valence-electron chi connectivity index (χ0n) is 7.71. The number of amides is 1. The van der Waals surface area contributed by atoms with Gasteiger partial charge in [0.15, 0.2) is 0 Å². The molecule has 0 bridgehead atoms. The molecule has 1 unspecified atom stereocenters. The van der Waals surface area contributed by atoms with Crippen LogP contribution >= 0.6 is 0 Å². The van der Waals surface area contributed by atoms with Gasteiger partial charge in [-0.2, -0.15) is 0 Å². The molecule has 0 saturated heterocycles. The van der Waals surface area contributed by atoms with Gasteiger partial charge in [-0.1, -0.05) is 6.92 Å². The molecule has 4 nitrogen and oxygen atoms in total. The van der Waals surface area contributed by atoms with Gasteiger partial charge in [-0.25, -0.2) is 0 Å². The molecule has 72 valence electrons. The van der Waals surface area contributed by atoms with Crippen LogP contribution in [0.3, 0.4) is 0 Å². The van der Waals surface area contributed by atoms with Crippen molar-refractivity contribution in [2.75, 3.05) is 13.2 Å². The lowest BCUT2D eigenvalue weighted by Crippen LogP contribution is -2.36. The maximum Gasteiger partial charge on any atom is 0.220 e. The summed E-state index contributed by atoms with van der Waals surface area (Å²) in [6.07, 6.45) is 0.431. The third-order valence-electron chi connectivity index (χ3n) is 1.62. The van der Waals surface area contributed by atoms with Crippen LogP contribution in [0.25, 0.3) is 0 Å². The fraction of sp³-hybridized carbons (Fsp3) is 0.875. The molecular weight excluding hydrogens is 156 g/mol. The second-order valence-corrected chi connectivity index (χ2v) is 3.20. The molecule has 4 N–H and O–H groups in total. The predicted octanol–water partition coefficient (Wildman–Crippen LogP) is -0.532. The van der Waals surface area contributed by atoms with Crippen LogP contribution in [0, 0.1) is 5.92 Å². The maximum atomic E-state index is 11.1. The number of rotatable bonds is 5. The quantitative estimate of drug-likeness (QED) is 0.524. The van der Waals surface area contributed by atoms with Gasteiger partial charge in [-0.05, 0) is 19.4 Å². The Bertz CT molecular complexity index is 125. The van der Waals surface area contributed by atoms with E-state index < -0.39 is 0 Å². The third kappa shape index (κ3) is 5.09. The van der Waals surface area contributed by atoms with E-state index in [9.17, 15) is 4.79 Å². The van der Waals surface area contributed by atoms with Crippen molar-refractivity contribution in [1.29, 1.82) is 0 Å². The van der Waals surface area contributed by atoms with E-state index in [0.29, 0.717) is 13.0 Å². The predicted molar refractivity (Wildman–Crippen MR) is 47.5 cm³/mol. The molecular formula is C8H18N2O2. The Morgan fingerprint density at radius 1 is 1.58 bits per heavy atom. The number of hydrogen-bond acceptors (Lipinski definition) is 3. The van der Waals surface area contributed by atoms with E-state index in [4.69, 9.17) is 10.8 Å². The van der Waals surface area contributed by atoms with E-state index in [1.54, 1.807) is 6.92 Å². The highest BCUT2D eigenvalue weighted by Gasteiger charge is 2.09. The summed E-state index contributed by atoms with van der Waals surface area (Å²) >= 11 is 0. The summed E-state index contributed by atoms with van der Waals surface area (Å²) in [4.78, 5) is 11.1. The maximum absolute atomic E-state index is 11.1. The lowest BCUT2D eigenvalue weighted by Gasteiger charge is -2.12. The Morgan fingerprint density at radius 3 is 2.58 bits per heavy atom. The molecule has 0 spiro atoms. The first-order valence-electron chi connectivity index (χ1n) is 4.20. The summed E-state index contributed by atoms with van der Waals surface area (Å²) in [7, 11) is 0. The largest absolute Gasteiger partial charge is 0.394 e. The molecule has 0 saturated carbocycles. The molecule has 0 heterocycles. The number of carbonyl (C=O) groups excluding carboxylic acids is 1. The minimum absolute atomic E-state index is 0.0251. The Morgan fingerprint density at radius 2 is 2.17 bits per heavy atom. The Kier molecular flexibility index (Phi) is 5.66. The average molecular weight is 174 g/mol. The monoisotopic (exact) mass is 174 g/mol. The van der Waals surface area contributed by atoms with Crippen LogP contribution in [0.5, 0.6) is 0 Å². The van der Waals surface area contributed by atoms with Crippen LogP contribution in [-0.2, 0) is 4.79 Å². The molecule has 1 amide bonds. The Labute approximate surface area is 73.1 Å². The number of nitrogens with two attached hydrogens (primary N) is 1. The lowest BCUT2D eigenvalue weighted by molar-refractivity contribution is -0.122. The normalized spacial score (nSPS) is 15.3. The lowest BCUT2D eigenvalue weighted by atomic mass is 10.1. The minimum Gasteiger partial charge on any atom is -0.394 e. The first kappa shape index (κ1) is 11.4. The molecule has 0 rings (SSSR count). The van der Waals surface area contributed by atoms with Crippen molar-refractivity contribution in [3.05, 3.63) is 0 Å². The van der Waals surface area contributed by atoms with Crippen LogP contribution in [-0.4, -0.2) is 30.2 Å². The van der Waals surface area contributed by atoms with Gasteiger partial charge in [0.05, 0.1) is 6.61 Å². The second kappa shape index (κ2) is 5.97. The molecule has 0 fully saturated rings. The van der Waals surface area contributed by atoms with E-state index in [-0.39, 0.29) is 24.5 Å². The number of aliphatic hydroxyl groups excluding tert-OH is 1. The van der Waals surface area contributed by atoms with E-state index in [1.165, 1.54) is 0 Å². The molecule has 0 aliphatic carbocycles. The van der Waals surface area contributed by atoms with Crippen LogP contribution in [0.2, 0.25) is 0 Å². The molecule has 2 atom stereocenters. The number of hydrogen-bond donors (Lipinski definition) is 3. The standard InChI is InChI=1S/C8H18N2O2/c1-6(4-9)3-8(12)10-7(2)5-11/h6-7,11H,3-5,9H2,1-2H3,(H,10,12)/t6?,7-/m0/s1. The molecule has 0 aromatic heterocycles. The summed E-state index contributed by atoms with van der Waals surface area (Å²) in [6, 6.07) is -0.164. The summed E-state index contributed by atoms with van der Waals surface area (Å²) in [5.74, 6) is 0.158. The van der Waals surface area contributed by atoms with E-state index in [2.05, 4.69) is 5.32 Å². The van der Waals surface area contributed by atoms with E-state index in [0.717, 1.165) is 0 Å². The number of nitrogens with one attached hydrogen (secondary N) is 1. The first-order valence-corrected chi connectivity index (χ1v) is 4.20. The van der Waals surface area contributed by atoms with Gasteiger partial charge in [-0.15, -0.1) is 0 Å². The SMILES string of the molecule is CC(CN)CC(=O)N[C@@H](C)CO. The number of carbonyl (C=O) groups is 1. The average Bonchev–Trinajstić information content (AvgIpc) is 2.03. The van der Waals surface area contributed by atoms with Crippen molar-refractivity contribution in [2.45, 2.75) is 26.3 Å². The van der Waals surface area contributed by atoms with Crippen molar-refractivity contribution >= 4 is 5.91 Å². The van der Waals surface area contributed by atoms with Gasteiger partial charge in [0.2, 0.25) is 5.91 Å². The van der Waals surface area contributed by atoms with Crippen molar-refractivity contribution in [1.82, 2.24) is 5.32 Å². The van der Waals surface area contributed by atoms with Crippen LogP contribution in [0.15, 0.2) is 0 Å². The van der Waals surface area contributed by atoms with Crippen molar-refractivity contribution in [3.63, 3.8) is 0 Å². The third-order valence-corrected chi connectivity index (χ3v) is 1.62. The van der Waals surface area contributed by atoms with Gasteiger partial charge in [-0.3, -0.25) is 4.79 Å². The van der Waals surface area contributed by atoms with Gasteiger partial charge in [0, 0.05) is 12.5 Å². The summed E-state index contributed by atoms with van der Waals surface area (Å²) < 4.78 is 0. The second-order valence-electron chi connectivity index (χ2n) is 3.20. The van der Waals surface area contributed by atoms with Crippen molar-refractivity contribution in [2.24, 2.45) is 11.7 Å². The highest BCUT2D eigenvalue weighted by atomic mass is 16.3. The molecule has 0 aliphatic rings. The topological polar surface area (TPSA) is 75.4 Å². The smallest absolute Gasteiger partial charge is 0.220 e. The van der Waals surface area contributed by atoms with Crippen molar-refractivity contribution in [3.8, 4) is 0 Å². The van der Waals surface area contributed by atoms with Gasteiger partial charge >= 0.3 is 0 Å². The fourth-order valence-corrected chi connectivity index (χ4v) is 0.779. The molecule has 12 heavy (non-hydrogen) atoms. The Balaban J connectivity index is 3.59. The molecule has 0 aromatic rings. The molecule has 4 heteroatoms. The van der Waals surface area contributed by atoms with Crippen molar-refractivity contribution < 1.29 is 9.90 Å². The van der Waals surface area contributed by atoms with Crippen LogP contribution in [0.4, 0.5) is 0 Å². The van der Waals surface area contributed by atoms with Crippen LogP contribution in [0.1, 0.15) is 20.3 Å². The van der Waals surface area contributed by atoms with Gasteiger partial charge < -0.3 is 16.2 Å².